The molecule has 1 unspecified atom stereocenters. The zero-order valence-electron chi connectivity index (χ0n) is 11.5. The molecule has 1 aliphatic carbocycles. The van der Waals surface area contributed by atoms with E-state index in [4.69, 9.17) is 10.2 Å². The van der Waals surface area contributed by atoms with Crippen molar-refractivity contribution in [3.05, 3.63) is 47.2 Å². The highest BCUT2D eigenvalue weighted by molar-refractivity contribution is 5.64. The largest absolute Gasteiger partial charge is 0.459 e. The van der Waals surface area contributed by atoms with Gasteiger partial charge in [-0.15, -0.1) is 0 Å². The van der Waals surface area contributed by atoms with E-state index < -0.39 is 0 Å². The highest BCUT2D eigenvalue weighted by Gasteiger charge is 2.17. The third-order valence-corrected chi connectivity index (χ3v) is 4.09. The second-order valence-electron chi connectivity index (χ2n) is 5.37. The topological polar surface area (TPSA) is 39.2 Å². The van der Waals surface area contributed by atoms with E-state index in [-0.39, 0.29) is 6.04 Å². The van der Waals surface area contributed by atoms with Gasteiger partial charge < -0.3 is 10.2 Å². The lowest BCUT2D eigenvalue weighted by molar-refractivity contribution is 0.469. The molecule has 1 aliphatic rings. The average molecular weight is 255 g/mol. The van der Waals surface area contributed by atoms with Crippen molar-refractivity contribution in [3.8, 4) is 11.3 Å². The summed E-state index contributed by atoms with van der Waals surface area (Å²) in [5.74, 6) is 1.86. The van der Waals surface area contributed by atoms with Crippen molar-refractivity contribution in [1.29, 1.82) is 0 Å². The number of fused-ring (bicyclic) bond motifs is 1. The predicted octanol–water partition coefficient (Wildman–Crippen LogP) is 4.24. The molecule has 1 aromatic carbocycles. The Kier molecular flexibility index (Phi) is 3.43. The zero-order valence-corrected chi connectivity index (χ0v) is 11.5. The van der Waals surface area contributed by atoms with E-state index >= 15 is 0 Å². The second kappa shape index (κ2) is 5.22. The Labute approximate surface area is 114 Å². The molecular formula is C17H21NO. The third-order valence-electron chi connectivity index (χ3n) is 4.09. The molecule has 1 heterocycles. The van der Waals surface area contributed by atoms with Crippen molar-refractivity contribution >= 4 is 0 Å². The van der Waals surface area contributed by atoms with Crippen LogP contribution in [0.4, 0.5) is 0 Å². The molecule has 19 heavy (non-hydrogen) atoms. The molecule has 2 nitrogen and oxygen atoms in total. The molecule has 1 atom stereocenters. The maximum absolute atomic E-state index is 6.03. The predicted molar refractivity (Wildman–Crippen MR) is 78.0 cm³/mol. The minimum atomic E-state index is 0.00767. The molecule has 0 bridgehead atoms. The van der Waals surface area contributed by atoms with E-state index in [1.165, 1.54) is 42.4 Å². The van der Waals surface area contributed by atoms with Crippen LogP contribution in [-0.4, -0.2) is 0 Å². The Bertz CT molecular complexity index is 570. The maximum atomic E-state index is 6.03. The number of rotatable bonds is 3. The van der Waals surface area contributed by atoms with Crippen molar-refractivity contribution in [1.82, 2.24) is 0 Å². The van der Waals surface area contributed by atoms with Gasteiger partial charge >= 0.3 is 0 Å². The lowest BCUT2D eigenvalue weighted by Crippen LogP contribution is -2.07. The van der Waals surface area contributed by atoms with Crippen LogP contribution in [0.5, 0.6) is 0 Å². The van der Waals surface area contributed by atoms with Gasteiger partial charge in [0, 0.05) is 5.56 Å². The van der Waals surface area contributed by atoms with Gasteiger partial charge in [-0.2, -0.15) is 0 Å². The van der Waals surface area contributed by atoms with Crippen LogP contribution in [0.3, 0.4) is 0 Å². The van der Waals surface area contributed by atoms with Gasteiger partial charge in [0.15, 0.2) is 0 Å². The van der Waals surface area contributed by atoms with E-state index in [9.17, 15) is 0 Å². The Morgan fingerprint density at radius 3 is 2.84 bits per heavy atom. The van der Waals surface area contributed by atoms with E-state index in [2.05, 4.69) is 31.2 Å². The van der Waals surface area contributed by atoms with Crippen LogP contribution in [0, 0.1) is 0 Å². The number of furan rings is 1. The van der Waals surface area contributed by atoms with Gasteiger partial charge in [-0.25, -0.2) is 0 Å². The summed E-state index contributed by atoms with van der Waals surface area (Å²) in [6.45, 7) is 2.08. The van der Waals surface area contributed by atoms with Crippen LogP contribution in [0.25, 0.3) is 11.3 Å². The smallest absolute Gasteiger partial charge is 0.134 e. The van der Waals surface area contributed by atoms with Crippen molar-refractivity contribution in [2.45, 2.75) is 45.1 Å². The summed E-state index contributed by atoms with van der Waals surface area (Å²) in [5.41, 5.74) is 10.2. The van der Waals surface area contributed by atoms with Crippen molar-refractivity contribution in [2.75, 3.05) is 0 Å². The van der Waals surface area contributed by atoms with Crippen molar-refractivity contribution < 1.29 is 4.42 Å². The quantitative estimate of drug-likeness (QED) is 0.891. The molecule has 0 saturated heterocycles. The molecule has 0 amide bonds. The van der Waals surface area contributed by atoms with Crippen molar-refractivity contribution in [2.24, 2.45) is 5.73 Å². The average Bonchev–Trinajstić information content (AvgIpc) is 2.95. The first-order chi connectivity index (χ1) is 9.29. The lowest BCUT2D eigenvalue weighted by atomic mass is 9.87. The summed E-state index contributed by atoms with van der Waals surface area (Å²) in [7, 11) is 0. The van der Waals surface area contributed by atoms with E-state index in [0.717, 1.165) is 17.9 Å². The lowest BCUT2D eigenvalue weighted by Gasteiger charge is -2.18. The Morgan fingerprint density at radius 2 is 2.00 bits per heavy atom. The minimum Gasteiger partial charge on any atom is -0.459 e. The Hall–Kier alpha value is -1.54. The Balaban J connectivity index is 2.00. The first-order valence-corrected chi connectivity index (χ1v) is 7.26. The van der Waals surface area contributed by atoms with Crippen LogP contribution < -0.4 is 5.73 Å². The van der Waals surface area contributed by atoms with Gasteiger partial charge in [0.1, 0.15) is 11.5 Å². The molecule has 0 aliphatic heterocycles. The van der Waals surface area contributed by atoms with Crippen molar-refractivity contribution in [3.63, 3.8) is 0 Å². The fraction of sp³-hybridized carbons (Fsp3) is 0.412. The molecule has 0 saturated carbocycles. The summed E-state index contributed by atoms with van der Waals surface area (Å²) in [6.07, 6.45) is 5.86. The molecule has 2 heteroatoms. The van der Waals surface area contributed by atoms with E-state index in [0.29, 0.717) is 0 Å². The number of hydrogen-bond donors (Lipinski definition) is 1. The molecule has 2 N–H and O–H groups in total. The first-order valence-electron chi connectivity index (χ1n) is 7.26. The summed E-state index contributed by atoms with van der Waals surface area (Å²) in [4.78, 5) is 0. The summed E-state index contributed by atoms with van der Waals surface area (Å²) in [6, 6.07) is 10.7. The normalized spacial score (nSPS) is 16.1. The molecule has 1 aromatic heterocycles. The van der Waals surface area contributed by atoms with E-state index in [1.807, 2.05) is 6.07 Å². The van der Waals surface area contributed by atoms with Crippen LogP contribution >= 0.6 is 0 Å². The molecule has 2 aromatic rings. The zero-order chi connectivity index (χ0) is 13.2. The van der Waals surface area contributed by atoms with Crippen LogP contribution in [0.1, 0.15) is 49.1 Å². The fourth-order valence-electron chi connectivity index (χ4n) is 2.91. The third kappa shape index (κ3) is 2.33. The molecular weight excluding hydrogens is 234 g/mol. The standard InChI is InChI=1S/C17H21NO/c1-2-15(18)17-11-10-16(19-17)14-9-5-7-12-6-3-4-8-13(12)14/h5,7,9-11,15H,2-4,6,8,18H2,1H3. The maximum Gasteiger partial charge on any atom is 0.134 e. The highest BCUT2D eigenvalue weighted by Crippen LogP contribution is 2.33. The van der Waals surface area contributed by atoms with Crippen LogP contribution in [0.15, 0.2) is 34.7 Å². The molecule has 0 fully saturated rings. The minimum absolute atomic E-state index is 0.00767. The number of aryl methyl sites for hydroxylation is 1. The highest BCUT2D eigenvalue weighted by atomic mass is 16.3. The molecule has 100 valence electrons. The molecule has 0 spiro atoms. The second-order valence-corrected chi connectivity index (χ2v) is 5.37. The van der Waals surface area contributed by atoms with Gasteiger partial charge in [-0.05, 0) is 55.4 Å². The number of benzene rings is 1. The van der Waals surface area contributed by atoms with Gasteiger partial charge in [0.25, 0.3) is 0 Å². The van der Waals surface area contributed by atoms with Gasteiger partial charge in [-0.3, -0.25) is 0 Å². The number of hydrogen-bond acceptors (Lipinski definition) is 2. The summed E-state index contributed by atoms with van der Waals surface area (Å²) < 4.78 is 5.96. The van der Waals surface area contributed by atoms with Gasteiger partial charge in [-0.1, -0.05) is 25.1 Å². The van der Waals surface area contributed by atoms with Crippen LogP contribution in [0.2, 0.25) is 0 Å². The van der Waals surface area contributed by atoms with Crippen LogP contribution in [-0.2, 0) is 12.8 Å². The van der Waals surface area contributed by atoms with E-state index in [1.54, 1.807) is 0 Å². The molecule has 0 radical (unpaired) electrons. The fourth-order valence-corrected chi connectivity index (χ4v) is 2.91. The Morgan fingerprint density at radius 1 is 1.16 bits per heavy atom. The first kappa shape index (κ1) is 12.5. The number of nitrogens with two attached hydrogens (primary N) is 1. The van der Waals surface area contributed by atoms with Gasteiger partial charge in [0.2, 0.25) is 0 Å². The monoisotopic (exact) mass is 255 g/mol. The molecule has 3 rings (SSSR count). The summed E-state index contributed by atoms with van der Waals surface area (Å²) in [5, 5.41) is 0. The van der Waals surface area contributed by atoms with Gasteiger partial charge in [0.05, 0.1) is 6.04 Å². The summed E-state index contributed by atoms with van der Waals surface area (Å²) >= 11 is 0. The SMILES string of the molecule is CCC(N)c1ccc(-c2cccc3c2CCCC3)o1.